The zero-order valence-corrected chi connectivity index (χ0v) is 7.89. The number of rotatable bonds is 1. The Kier molecular flexibility index (Phi) is 1.89. The summed E-state index contributed by atoms with van der Waals surface area (Å²) in [7, 11) is 2.84. The van der Waals surface area contributed by atoms with Crippen molar-refractivity contribution in [2.24, 2.45) is 0 Å². The Bertz CT molecular complexity index is 382. The van der Waals surface area contributed by atoms with Crippen LogP contribution in [0.25, 0.3) is 9.75 Å². The van der Waals surface area contributed by atoms with Gasteiger partial charge in [0.05, 0.1) is 4.88 Å². The second kappa shape index (κ2) is 2.89. The van der Waals surface area contributed by atoms with Gasteiger partial charge in [0.2, 0.25) is 4.74 Å². The summed E-state index contributed by atoms with van der Waals surface area (Å²) >= 11 is 1.67. The van der Waals surface area contributed by atoms with Crippen molar-refractivity contribution in [1.29, 1.82) is 0 Å². The molecule has 0 N–H and O–H groups in total. The van der Waals surface area contributed by atoms with Crippen molar-refractivity contribution in [3.63, 3.8) is 0 Å². The van der Waals surface area contributed by atoms with Crippen molar-refractivity contribution in [3.05, 3.63) is 33.1 Å². The molecule has 0 amide bonds. The van der Waals surface area contributed by atoms with Crippen LogP contribution in [-0.4, -0.2) is 0 Å². The quantitative estimate of drug-likeness (QED) is 0.647. The maximum Gasteiger partial charge on any atom is 0.243 e. The molecule has 2 aromatic heterocycles. The van der Waals surface area contributed by atoms with Gasteiger partial charge in [0.1, 0.15) is 0 Å². The topological polar surface area (TPSA) is 17.1 Å². The van der Waals surface area contributed by atoms with Gasteiger partial charge < -0.3 is 0 Å². The highest BCUT2D eigenvalue weighted by molar-refractivity contribution is 7.70. The first-order valence-electron chi connectivity index (χ1n) is 3.00. The summed E-state index contributed by atoms with van der Waals surface area (Å²) in [5.74, 6) is 0. The lowest BCUT2D eigenvalue weighted by molar-refractivity contribution is 1.86. The molecule has 0 spiro atoms. The van der Waals surface area contributed by atoms with Crippen molar-refractivity contribution >= 4 is 32.0 Å². The Morgan fingerprint density at radius 1 is 1.18 bits per heavy atom. The summed E-state index contributed by atoms with van der Waals surface area (Å²) < 4.78 is 0.151. The summed E-state index contributed by atoms with van der Waals surface area (Å²) in [6.07, 6.45) is 0. The van der Waals surface area contributed by atoms with Crippen molar-refractivity contribution in [3.8, 4) is 9.75 Å². The van der Waals surface area contributed by atoms with Gasteiger partial charge in [-0.2, -0.15) is 0 Å². The minimum absolute atomic E-state index is 0.151. The van der Waals surface area contributed by atoms with E-state index in [1.807, 2.05) is 17.5 Å². The Morgan fingerprint density at radius 3 is 2.64 bits per heavy atom. The van der Waals surface area contributed by atoms with Crippen molar-refractivity contribution in [2.75, 3.05) is 0 Å². The molecule has 56 valence electrons. The first-order chi connectivity index (χ1) is 5.36. The van der Waals surface area contributed by atoms with Gasteiger partial charge in [-0.05, 0) is 21.8 Å². The van der Waals surface area contributed by atoms with Gasteiger partial charge >= 0.3 is 0 Å². The van der Waals surface area contributed by atoms with Gasteiger partial charge in [0, 0.05) is 10.9 Å². The van der Waals surface area contributed by atoms with E-state index in [0.29, 0.717) is 0 Å². The van der Waals surface area contributed by atoms with Crippen LogP contribution in [-0.2, 0) is 0 Å². The van der Waals surface area contributed by atoms with Crippen molar-refractivity contribution < 1.29 is 0 Å². The lowest BCUT2D eigenvalue weighted by atomic mass is 10.4. The minimum atomic E-state index is 0.151. The van der Waals surface area contributed by atoms with Crippen LogP contribution in [0.15, 0.2) is 28.4 Å². The number of hydrogen-bond acceptors (Lipinski definition) is 4. The molecule has 0 unspecified atom stereocenters. The molecule has 0 bridgehead atoms. The molecule has 0 atom stereocenters. The molecule has 0 aliphatic heterocycles. The third kappa shape index (κ3) is 1.42. The van der Waals surface area contributed by atoms with Crippen LogP contribution >= 0.6 is 32.0 Å². The molecule has 2 heterocycles. The maximum atomic E-state index is 10.8. The average Bonchev–Trinajstić information content (AvgIpc) is 2.55. The predicted octanol–water partition coefficient (Wildman–Crippen LogP) is 2.90. The summed E-state index contributed by atoms with van der Waals surface area (Å²) in [6.45, 7) is 0. The molecule has 2 aromatic rings. The Hall–Kier alpha value is -0.450. The molecule has 0 saturated heterocycles. The van der Waals surface area contributed by atoms with Gasteiger partial charge in [-0.15, -0.1) is 11.3 Å². The van der Waals surface area contributed by atoms with E-state index in [1.54, 1.807) is 27.7 Å². The zero-order chi connectivity index (χ0) is 7.68. The first kappa shape index (κ1) is 7.21. The van der Waals surface area contributed by atoms with Crippen molar-refractivity contribution in [2.45, 2.75) is 0 Å². The highest BCUT2D eigenvalue weighted by Crippen LogP contribution is 2.28. The molecule has 11 heavy (non-hydrogen) atoms. The third-order valence-corrected chi connectivity index (χ3v) is 4.42. The van der Waals surface area contributed by atoms with Crippen LogP contribution in [0.2, 0.25) is 0 Å². The molecular weight excluding hydrogens is 196 g/mol. The fourth-order valence-corrected chi connectivity index (χ4v) is 3.63. The van der Waals surface area contributed by atoms with Crippen LogP contribution in [0.4, 0.5) is 0 Å². The van der Waals surface area contributed by atoms with Crippen LogP contribution in [0.1, 0.15) is 0 Å². The van der Waals surface area contributed by atoms with Gasteiger partial charge in [-0.1, -0.05) is 16.4 Å². The zero-order valence-electron chi connectivity index (χ0n) is 5.44. The van der Waals surface area contributed by atoms with E-state index in [4.69, 9.17) is 0 Å². The molecule has 0 radical (unpaired) electrons. The van der Waals surface area contributed by atoms with E-state index in [-0.39, 0.29) is 4.74 Å². The molecule has 0 aliphatic carbocycles. The van der Waals surface area contributed by atoms with Gasteiger partial charge in [-0.3, -0.25) is 4.79 Å². The SMILES string of the molecule is O=c1cc(-c2cccs2)ss1. The van der Waals surface area contributed by atoms with Gasteiger partial charge in [0.15, 0.2) is 0 Å². The Morgan fingerprint density at radius 2 is 2.09 bits per heavy atom. The predicted molar refractivity (Wildman–Crippen MR) is 51.8 cm³/mol. The second-order valence-electron chi connectivity index (χ2n) is 1.97. The van der Waals surface area contributed by atoms with Crippen LogP contribution in [0.5, 0.6) is 0 Å². The first-order valence-corrected chi connectivity index (χ1v) is 6.03. The highest BCUT2D eigenvalue weighted by Gasteiger charge is 2.00. The van der Waals surface area contributed by atoms with E-state index in [2.05, 4.69) is 0 Å². The molecule has 0 fully saturated rings. The number of thiophene rings is 1. The molecule has 2 rings (SSSR count). The standard InChI is InChI=1S/C7H4OS3/c8-7-4-6(10-11-7)5-2-1-3-9-5/h1-4H. The van der Waals surface area contributed by atoms with E-state index in [1.165, 1.54) is 15.2 Å². The van der Waals surface area contributed by atoms with Crippen molar-refractivity contribution in [1.82, 2.24) is 0 Å². The second-order valence-corrected chi connectivity index (χ2v) is 5.09. The van der Waals surface area contributed by atoms with E-state index in [9.17, 15) is 4.79 Å². The third-order valence-electron chi connectivity index (χ3n) is 1.23. The largest absolute Gasteiger partial charge is 0.277 e. The maximum absolute atomic E-state index is 10.8. The van der Waals surface area contributed by atoms with Crippen LogP contribution < -0.4 is 4.74 Å². The lowest BCUT2D eigenvalue weighted by Gasteiger charge is -1.83. The molecular formula is C7H4OS3. The van der Waals surface area contributed by atoms with E-state index >= 15 is 0 Å². The fourth-order valence-electron chi connectivity index (χ4n) is 0.772. The number of hydrogen-bond donors (Lipinski definition) is 0. The normalized spacial score (nSPS) is 10.2. The Balaban J connectivity index is 2.53. The summed E-state index contributed by atoms with van der Waals surface area (Å²) in [5.41, 5.74) is 0. The van der Waals surface area contributed by atoms with Crippen LogP contribution in [0.3, 0.4) is 0 Å². The molecule has 4 heteroatoms. The summed E-state index contributed by atoms with van der Waals surface area (Å²) in [6, 6.07) is 5.72. The molecule has 1 nitrogen and oxygen atoms in total. The van der Waals surface area contributed by atoms with Gasteiger partial charge in [0.25, 0.3) is 0 Å². The lowest BCUT2D eigenvalue weighted by Crippen LogP contribution is -1.80. The molecule has 0 saturated carbocycles. The molecule has 0 aromatic carbocycles. The monoisotopic (exact) mass is 200 g/mol. The van der Waals surface area contributed by atoms with E-state index in [0.717, 1.165) is 4.88 Å². The average molecular weight is 200 g/mol. The van der Waals surface area contributed by atoms with Gasteiger partial charge in [-0.25, -0.2) is 0 Å². The minimum Gasteiger partial charge on any atom is -0.277 e. The Labute approximate surface area is 75.0 Å². The smallest absolute Gasteiger partial charge is 0.243 e. The van der Waals surface area contributed by atoms with E-state index < -0.39 is 0 Å². The summed E-state index contributed by atoms with van der Waals surface area (Å²) in [5, 5.41) is 2.02. The highest BCUT2D eigenvalue weighted by atomic mass is 32.9. The summed E-state index contributed by atoms with van der Waals surface area (Å²) in [4.78, 5) is 13.1. The van der Waals surface area contributed by atoms with Crippen LogP contribution in [0, 0.1) is 0 Å². The molecule has 0 aliphatic rings. The fraction of sp³-hybridized carbons (Fsp3) is 0.